The van der Waals surface area contributed by atoms with Gasteiger partial charge in [0, 0.05) is 23.5 Å². The number of amides is 1. The molecule has 3 heterocycles. The number of ether oxygens (including phenoxy) is 1. The molecular weight excluding hydrogens is 376 g/mol. The van der Waals surface area contributed by atoms with Crippen molar-refractivity contribution in [1.82, 2.24) is 9.88 Å². The number of carbonyl (C=O) groups is 3. The molecule has 3 aromatic heterocycles. The zero-order valence-electron chi connectivity index (χ0n) is 16.3. The molecule has 0 aliphatic carbocycles. The van der Waals surface area contributed by atoms with Crippen molar-refractivity contribution >= 4 is 17.7 Å². The minimum atomic E-state index is -0.567. The highest BCUT2D eigenvalue weighted by molar-refractivity contribution is 5.99. The van der Waals surface area contributed by atoms with Crippen LogP contribution in [0.25, 0.3) is 0 Å². The molecule has 0 saturated heterocycles. The average molecular weight is 398 g/mol. The Bertz CT molecular complexity index is 983. The van der Waals surface area contributed by atoms with Crippen LogP contribution in [-0.2, 0) is 16.1 Å². The molecular formula is C21H22N2O6. The minimum Gasteiger partial charge on any atom is -0.467 e. The predicted octanol–water partition coefficient (Wildman–Crippen LogP) is 2.89. The highest BCUT2D eigenvalue weighted by Gasteiger charge is 2.18. The van der Waals surface area contributed by atoms with Crippen molar-refractivity contribution in [2.24, 2.45) is 0 Å². The minimum absolute atomic E-state index is 0.0444. The smallest absolute Gasteiger partial charge is 0.308 e. The SMILES string of the molecule is Cc1cc(C(=O)COC(=O)CCNC(=O)c2ccco2)c(C)n1Cc1ccco1. The fourth-order valence-corrected chi connectivity index (χ4v) is 2.95. The first kappa shape index (κ1) is 20.2. The van der Waals surface area contributed by atoms with Crippen molar-refractivity contribution in [3.8, 4) is 0 Å². The van der Waals surface area contributed by atoms with Crippen LogP contribution in [0.1, 0.15) is 44.5 Å². The van der Waals surface area contributed by atoms with Crippen LogP contribution in [0.5, 0.6) is 0 Å². The van der Waals surface area contributed by atoms with Gasteiger partial charge in [-0.15, -0.1) is 0 Å². The lowest BCUT2D eigenvalue weighted by molar-refractivity contribution is -0.142. The topological polar surface area (TPSA) is 104 Å². The number of nitrogens with zero attached hydrogens (tertiary/aromatic N) is 1. The summed E-state index contributed by atoms with van der Waals surface area (Å²) in [4.78, 5) is 36.0. The van der Waals surface area contributed by atoms with Gasteiger partial charge in [-0.05, 0) is 44.2 Å². The van der Waals surface area contributed by atoms with E-state index < -0.39 is 11.9 Å². The lowest BCUT2D eigenvalue weighted by atomic mass is 10.1. The molecule has 0 radical (unpaired) electrons. The number of nitrogens with one attached hydrogen (secondary N) is 1. The first-order valence-electron chi connectivity index (χ1n) is 9.15. The Morgan fingerprint density at radius 2 is 1.86 bits per heavy atom. The zero-order chi connectivity index (χ0) is 20.8. The molecule has 8 heteroatoms. The standard InChI is InChI=1S/C21H22N2O6/c1-14-11-17(15(2)23(14)12-16-5-3-9-27-16)18(24)13-29-20(25)7-8-22-21(26)19-6-4-10-28-19/h3-6,9-11H,7-8,12-13H2,1-2H3,(H,22,26). The molecule has 0 atom stereocenters. The van der Waals surface area contributed by atoms with E-state index in [1.807, 2.05) is 30.5 Å². The number of aromatic nitrogens is 1. The molecule has 1 N–H and O–H groups in total. The monoisotopic (exact) mass is 398 g/mol. The van der Waals surface area contributed by atoms with Gasteiger partial charge in [0.05, 0.1) is 25.5 Å². The molecule has 29 heavy (non-hydrogen) atoms. The Kier molecular flexibility index (Phi) is 6.33. The van der Waals surface area contributed by atoms with Gasteiger partial charge in [0.15, 0.2) is 12.4 Å². The average Bonchev–Trinajstić information content (AvgIpc) is 3.45. The molecule has 0 aliphatic rings. The van der Waals surface area contributed by atoms with Crippen LogP contribution in [0.3, 0.4) is 0 Å². The maximum absolute atomic E-state index is 12.5. The Morgan fingerprint density at radius 1 is 1.10 bits per heavy atom. The fraction of sp³-hybridized carbons (Fsp3) is 0.286. The number of furan rings is 2. The number of carbonyl (C=O) groups excluding carboxylic acids is 3. The predicted molar refractivity (Wildman–Crippen MR) is 103 cm³/mol. The number of hydrogen-bond acceptors (Lipinski definition) is 6. The van der Waals surface area contributed by atoms with Crippen molar-refractivity contribution in [3.63, 3.8) is 0 Å². The number of Topliss-reactive ketones (excluding diaryl/α,β-unsaturated/α-hetero) is 1. The summed E-state index contributed by atoms with van der Waals surface area (Å²) in [6.45, 7) is 4.00. The Hall–Kier alpha value is -3.55. The summed E-state index contributed by atoms with van der Waals surface area (Å²) in [5, 5.41) is 2.55. The summed E-state index contributed by atoms with van der Waals surface area (Å²) >= 11 is 0. The summed E-state index contributed by atoms with van der Waals surface area (Å²) in [6, 6.07) is 8.58. The van der Waals surface area contributed by atoms with Gasteiger partial charge in [0.25, 0.3) is 5.91 Å². The van der Waals surface area contributed by atoms with E-state index in [9.17, 15) is 14.4 Å². The normalized spacial score (nSPS) is 10.7. The Labute approximate surface area is 167 Å². The second-order valence-corrected chi connectivity index (χ2v) is 6.52. The van der Waals surface area contributed by atoms with Crippen LogP contribution in [0.4, 0.5) is 0 Å². The summed E-state index contributed by atoms with van der Waals surface area (Å²) < 4.78 is 17.3. The summed E-state index contributed by atoms with van der Waals surface area (Å²) in [6.07, 6.45) is 2.95. The van der Waals surface area contributed by atoms with Gasteiger partial charge < -0.3 is 23.5 Å². The van der Waals surface area contributed by atoms with Gasteiger partial charge in [0.1, 0.15) is 5.76 Å². The highest BCUT2D eigenvalue weighted by atomic mass is 16.5. The molecule has 0 fully saturated rings. The van der Waals surface area contributed by atoms with Gasteiger partial charge in [-0.3, -0.25) is 14.4 Å². The largest absolute Gasteiger partial charge is 0.467 e. The summed E-state index contributed by atoms with van der Waals surface area (Å²) in [5.41, 5.74) is 2.20. The third kappa shape index (κ3) is 5.04. The summed E-state index contributed by atoms with van der Waals surface area (Å²) in [5.74, 6) is -0.311. The van der Waals surface area contributed by atoms with E-state index in [2.05, 4.69) is 5.32 Å². The lowest BCUT2D eigenvalue weighted by Gasteiger charge is -2.08. The molecule has 0 unspecified atom stereocenters. The Morgan fingerprint density at radius 3 is 2.55 bits per heavy atom. The molecule has 152 valence electrons. The molecule has 0 bridgehead atoms. The third-order valence-corrected chi connectivity index (χ3v) is 4.49. The van der Waals surface area contributed by atoms with Crippen molar-refractivity contribution in [3.05, 3.63) is 71.3 Å². The van der Waals surface area contributed by atoms with E-state index in [1.54, 1.807) is 18.4 Å². The number of ketones is 1. The van der Waals surface area contributed by atoms with Crippen molar-refractivity contribution < 1.29 is 28.0 Å². The van der Waals surface area contributed by atoms with Crippen molar-refractivity contribution in [1.29, 1.82) is 0 Å². The lowest BCUT2D eigenvalue weighted by Crippen LogP contribution is -2.26. The van der Waals surface area contributed by atoms with Crippen LogP contribution in [0.15, 0.2) is 51.7 Å². The first-order chi connectivity index (χ1) is 14.0. The maximum Gasteiger partial charge on any atom is 0.308 e. The number of hydrogen-bond donors (Lipinski definition) is 1. The van der Waals surface area contributed by atoms with Gasteiger partial charge >= 0.3 is 5.97 Å². The molecule has 3 aromatic rings. The van der Waals surface area contributed by atoms with Crippen LogP contribution < -0.4 is 5.32 Å². The van der Waals surface area contributed by atoms with Crippen molar-refractivity contribution in [2.75, 3.05) is 13.2 Å². The van der Waals surface area contributed by atoms with Crippen LogP contribution >= 0.6 is 0 Å². The second-order valence-electron chi connectivity index (χ2n) is 6.52. The van der Waals surface area contributed by atoms with Crippen molar-refractivity contribution in [2.45, 2.75) is 26.8 Å². The van der Waals surface area contributed by atoms with Crippen LogP contribution in [0.2, 0.25) is 0 Å². The number of rotatable bonds is 9. The van der Waals surface area contributed by atoms with Gasteiger partial charge in [-0.1, -0.05) is 0 Å². The van der Waals surface area contributed by atoms with E-state index in [-0.39, 0.29) is 31.1 Å². The summed E-state index contributed by atoms with van der Waals surface area (Å²) in [7, 11) is 0. The third-order valence-electron chi connectivity index (χ3n) is 4.49. The molecule has 0 aliphatic heterocycles. The molecule has 8 nitrogen and oxygen atoms in total. The molecule has 0 aromatic carbocycles. The van der Waals surface area contributed by atoms with Gasteiger partial charge in [0.2, 0.25) is 5.78 Å². The van der Waals surface area contributed by atoms with Gasteiger partial charge in [-0.2, -0.15) is 0 Å². The first-order valence-corrected chi connectivity index (χ1v) is 9.15. The quantitative estimate of drug-likeness (QED) is 0.439. The van der Waals surface area contributed by atoms with E-state index in [0.29, 0.717) is 12.1 Å². The number of aryl methyl sites for hydroxylation is 1. The van der Waals surface area contributed by atoms with E-state index in [0.717, 1.165) is 17.1 Å². The second kappa shape index (κ2) is 9.09. The fourth-order valence-electron chi connectivity index (χ4n) is 2.95. The maximum atomic E-state index is 12.5. The highest BCUT2D eigenvalue weighted by Crippen LogP contribution is 2.18. The number of esters is 1. The molecule has 0 spiro atoms. The van der Waals surface area contributed by atoms with Crippen LogP contribution in [0, 0.1) is 13.8 Å². The molecule has 0 saturated carbocycles. The van der Waals surface area contributed by atoms with Gasteiger partial charge in [-0.25, -0.2) is 0 Å². The Balaban J connectivity index is 1.47. The van der Waals surface area contributed by atoms with Crippen LogP contribution in [-0.4, -0.2) is 35.4 Å². The van der Waals surface area contributed by atoms with E-state index in [1.165, 1.54) is 12.3 Å². The molecule has 3 rings (SSSR count). The molecule has 1 amide bonds. The zero-order valence-corrected chi connectivity index (χ0v) is 16.3. The van der Waals surface area contributed by atoms with E-state index in [4.69, 9.17) is 13.6 Å². The van der Waals surface area contributed by atoms with E-state index >= 15 is 0 Å².